The maximum Gasteiger partial charge on any atom is 0.267 e. The minimum Gasteiger partial charge on any atom is -0.386 e. The van der Waals surface area contributed by atoms with Crippen LogP contribution in [0.25, 0.3) is 11.4 Å². The molecule has 0 saturated carbocycles. The molecule has 0 spiro atoms. The lowest BCUT2D eigenvalue weighted by molar-refractivity contribution is 0.107. The van der Waals surface area contributed by atoms with Gasteiger partial charge in [0.05, 0.1) is 6.21 Å². The molecule has 0 aliphatic rings. The molecule has 3 rings (SSSR count). The largest absolute Gasteiger partial charge is 0.386 e. The number of nitrogens with zero attached hydrogens (tertiary/aromatic N) is 3. The van der Waals surface area contributed by atoms with Gasteiger partial charge >= 0.3 is 0 Å². The van der Waals surface area contributed by atoms with Crippen LogP contribution in [-0.4, -0.2) is 16.4 Å². The molecule has 0 radical (unpaired) electrons. The maximum absolute atomic E-state index is 5.81. The first-order chi connectivity index (χ1) is 11.2. The Morgan fingerprint density at radius 3 is 2.74 bits per heavy atom. The topological polar surface area (TPSA) is 60.5 Å². The summed E-state index contributed by atoms with van der Waals surface area (Å²) >= 11 is 5.81. The van der Waals surface area contributed by atoms with Gasteiger partial charge in [0, 0.05) is 10.6 Å². The van der Waals surface area contributed by atoms with Crippen LogP contribution in [0.1, 0.15) is 17.0 Å². The van der Waals surface area contributed by atoms with E-state index in [0.717, 1.165) is 16.7 Å². The van der Waals surface area contributed by atoms with Crippen molar-refractivity contribution in [1.29, 1.82) is 0 Å². The van der Waals surface area contributed by atoms with Crippen LogP contribution >= 0.6 is 11.6 Å². The third-order valence-corrected chi connectivity index (χ3v) is 3.44. The third kappa shape index (κ3) is 3.96. The molecule has 116 valence electrons. The molecule has 0 fully saturated rings. The zero-order valence-corrected chi connectivity index (χ0v) is 13.2. The lowest BCUT2D eigenvalue weighted by atomic mass is 10.1. The second kappa shape index (κ2) is 7.07. The lowest BCUT2D eigenvalue weighted by Crippen LogP contribution is -1.89. The average Bonchev–Trinajstić information content (AvgIpc) is 3.02. The minimum absolute atomic E-state index is 0.114. The number of rotatable bonds is 5. The molecule has 5 nitrogen and oxygen atoms in total. The van der Waals surface area contributed by atoms with Gasteiger partial charge in [-0.3, -0.25) is 0 Å². The van der Waals surface area contributed by atoms with E-state index in [0.29, 0.717) is 16.7 Å². The summed E-state index contributed by atoms with van der Waals surface area (Å²) < 4.78 is 5.16. The van der Waals surface area contributed by atoms with Crippen molar-refractivity contribution in [2.45, 2.75) is 13.5 Å². The van der Waals surface area contributed by atoms with Gasteiger partial charge in [0.1, 0.15) is 0 Å². The summed E-state index contributed by atoms with van der Waals surface area (Å²) in [5, 5.41) is 8.51. The van der Waals surface area contributed by atoms with Crippen molar-refractivity contribution in [3.63, 3.8) is 0 Å². The fourth-order valence-electron chi connectivity index (χ4n) is 1.99. The molecule has 0 aliphatic heterocycles. The fraction of sp³-hybridized carbons (Fsp3) is 0.118. The highest BCUT2D eigenvalue weighted by Crippen LogP contribution is 2.19. The summed E-state index contributed by atoms with van der Waals surface area (Å²) in [6.07, 6.45) is 1.59. The first-order valence-electron chi connectivity index (χ1n) is 7.02. The molecule has 0 atom stereocenters. The van der Waals surface area contributed by atoms with Gasteiger partial charge in [0.2, 0.25) is 5.82 Å². The van der Waals surface area contributed by atoms with E-state index in [4.69, 9.17) is 21.0 Å². The zero-order valence-electron chi connectivity index (χ0n) is 12.4. The molecule has 3 aromatic rings. The number of aromatic nitrogens is 2. The van der Waals surface area contributed by atoms with E-state index in [1.54, 1.807) is 18.3 Å². The van der Waals surface area contributed by atoms with Crippen molar-refractivity contribution in [1.82, 2.24) is 10.1 Å². The zero-order chi connectivity index (χ0) is 16.1. The van der Waals surface area contributed by atoms with Crippen molar-refractivity contribution in [2.24, 2.45) is 5.16 Å². The van der Waals surface area contributed by atoms with Crippen LogP contribution in [-0.2, 0) is 11.4 Å². The average molecular weight is 328 g/mol. The van der Waals surface area contributed by atoms with Gasteiger partial charge in [0.25, 0.3) is 5.89 Å². The van der Waals surface area contributed by atoms with Gasteiger partial charge in [-0.05, 0) is 30.2 Å². The van der Waals surface area contributed by atoms with Gasteiger partial charge in [-0.15, -0.1) is 0 Å². The Labute approximate surface area is 138 Å². The van der Waals surface area contributed by atoms with Gasteiger partial charge in [0.15, 0.2) is 6.61 Å². The number of halogens is 1. The van der Waals surface area contributed by atoms with Crippen LogP contribution in [0.2, 0.25) is 5.02 Å². The standard InChI is InChI=1S/C17H14ClN3O2/c1-12-4-2-3-5-15(12)17-20-16(23-21-17)11-22-19-10-13-6-8-14(18)9-7-13/h2-10H,11H2,1H3/b19-10+. The van der Waals surface area contributed by atoms with E-state index < -0.39 is 0 Å². The first-order valence-corrected chi connectivity index (χ1v) is 7.39. The number of hydrogen-bond acceptors (Lipinski definition) is 5. The van der Waals surface area contributed by atoms with E-state index >= 15 is 0 Å². The van der Waals surface area contributed by atoms with Crippen LogP contribution in [0.3, 0.4) is 0 Å². The molecule has 1 aromatic heterocycles. The number of benzene rings is 2. The minimum atomic E-state index is 0.114. The molecule has 23 heavy (non-hydrogen) atoms. The summed E-state index contributed by atoms with van der Waals surface area (Å²) in [6, 6.07) is 15.1. The van der Waals surface area contributed by atoms with Gasteiger partial charge in [-0.1, -0.05) is 58.3 Å². The molecular formula is C17H14ClN3O2. The molecule has 2 aromatic carbocycles. The van der Waals surface area contributed by atoms with Crippen molar-refractivity contribution in [3.05, 3.63) is 70.6 Å². The van der Waals surface area contributed by atoms with Crippen molar-refractivity contribution >= 4 is 17.8 Å². The van der Waals surface area contributed by atoms with Gasteiger partial charge in [-0.25, -0.2) is 0 Å². The molecule has 0 amide bonds. The molecule has 0 aliphatic carbocycles. The second-order valence-electron chi connectivity index (χ2n) is 4.89. The normalized spacial score (nSPS) is 11.0. The summed E-state index contributed by atoms with van der Waals surface area (Å²) in [7, 11) is 0. The quantitative estimate of drug-likeness (QED) is 0.519. The molecular weight excluding hydrogens is 314 g/mol. The van der Waals surface area contributed by atoms with E-state index in [1.165, 1.54) is 0 Å². The predicted octanol–water partition coefficient (Wildman–Crippen LogP) is 4.25. The second-order valence-corrected chi connectivity index (χ2v) is 5.32. The highest BCUT2D eigenvalue weighted by atomic mass is 35.5. The number of oxime groups is 1. The molecule has 0 saturated heterocycles. The highest BCUT2D eigenvalue weighted by Gasteiger charge is 2.10. The lowest BCUT2D eigenvalue weighted by Gasteiger charge is -1.98. The first kappa shape index (κ1) is 15.2. The van der Waals surface area contributed by atoms with Crippen LogP contribution in [0.4, 0.5) is 0 Å². The maximum atomic E-state index is 5.81. The van der Waals surface area contributed by atoms with E-state index in [2.05, 4.69) is 15.3 Å². The number of hydrogen-bond donors (Lipinski definition) is 0. The molecule has 0 bridgehead atoms. The smallest absolute Gasteiger partial charge is 0.267 e. The van der Waals surface area contributed by atoms with Gasteiger partial charge < -0.3 is 9.36 Å². The van der Waals surface area contributed by atoms with Gasteiger partial charge in [-0.2, -0.15) is 4.98 Å². The Morgan fingerprint density at radius 1 is 1.17 bits per heavy atom. The van der Waals surface area contributed by atoms with Crippen LogP contribution in [0.15, 0.2) is 58.2 Å². The Bertz CT molecular complexity index is 813. The predicted molar refractivity (Wildman–Crippen MR) is 88.3 cm³/mol. The Kier molecular flexibility index (Phi) is 4.68. The third-order valence-electron chi connectivity index (χ3n) is 3.19. The highest BCUT2D eigenvalue weighted by molar-refractivity contribution is 6.30. The van der Waals surface area contributed by atoms with Crippen molar-refractivity contribution < 1.29 is 9.36 Å². The van der Waals surface area contributed by atoms with Crippen molar-refractivity contribution in [3.8, 4) is 11.4 Å². The monoisotopic (exact) mass is 327 g/mol. The Hall–Kier alpha value is -2.66. The van der Waals surface area contributed by atoms with Crippen LogP contribution in [0.5, 0.6) is 0 Å². The summed E-state index contributed by atoms with van der Waals surface area (Å²) in [6.45, 7) is 2.11. The number of aryl methyl sites for hydroxylation is 1. The summed E-state index contributed by atoms with van der Waals surface area (Å²) in [5.41, 5.74) is 2.91. The van der Waals surface area contributed by atoms with Crippen LogP contribution < -0.4 is 0 Å². The molecule has 0 unspecified atom stereocenters. The molecule has 0 N–H and O–H groups in total. The Morgan fingerprint density at radius 2 is 1.96 bits per heavy atom. The van der Waals surface area contributed by atoms with E-state index in [-0.39, 0.29) is 6.61 Å². The fourth-order valence-corrected chi connectivity index (χ4v) is 2.11. The molecule has 1 heterocycles. The summed E-state index contributed by atoms with van der Waals surface area (Å²) in [5.74, 6) is 0.917. The van der Waals surface area contributed by atoms with E-state index in [9.17, 15) is 0 Å². The Balaban J connectivity index is 1.59. The van der Waals surface area contributed by atoms with E-state index in [1.807, 2.05) is 43.3 Å². The van der Waals surface area contributed by atoms with Crippen molar-refractivity contribution in [2.75, 3.05) is 0 Å². The van der Waals surface area contributed by atoms with Crippen LogP contribution in [0, 0.1) is 6.92 Å². The molecule has 6 heteroatoms. The SMILES string of the molecule is Cc1ccccc1-c1noc(CO/N=C/c2ccc(Cl)cc2)n1. The summed E-state index contributed by atoms with van der Waals surface area (Å²) in [4.78, 5) is 9.48.